The molecule has 3 aromatic rings. The fraction of sp³-hybridized carbons (Fsp3) is 0.211. The normalized spacial score (nSPS) is 13.3. The minimum atomic E-state index is -2.26. The van der Waals surface area contributed by atoms with Crippen molar-refractivity contribution in [1.29, 1.82) is 0 Å². The number of hydrogen-bond donors (Lipinski definition) is 2. The highest BCUT2D eigenvalue weighted by atomic mass is 79.9. The van der Waals surface area contributed by atoms with Gasteiger partial charge in [0.2, 0.25) is 0 Å². The second-order valence-electron chi connectivity index (χ2n) is 6.16. The number of hydrogen-bond acceptors (Lipinski definition) is 3. The first-order chi connectivity index (χ1) is 13.4. The van der Waals surface area contributed by atoms with E-state index >= 15 is 0 Å². The van der Waals surface area contributed by atoms with Gasteiger partial charge in [-0.1, -0.05) is 17.7 Å². The molecule has 28 heavy (non-hydrogen) atoms. The zero-order valence-electron chi connectivity index (χ0n) is 14.9. The van der Waals surface area contributed by atoms with Crippen LogP contribution >= 0.6 is 27.5 Å². The SMILES string of the molecule is CC(CCOc1ccc(Cl)cc1Br)N(c1cccc2c(=O)[nH]ccc12)S(=O)O. The molecule has 0 aliphatic carbocycles. The maximum atomic E-state index is 12.1. The van der Waals surface area contributed by atoms with Gasteiger partial charge in [0, 0.05) is 34.5 Å². The van der Waals surface area contributed by atoms with E-state index in [4.69, 9.17) is 16.3 Å². The summed E-state index contributed by atoms with van der Waals surface area (Å²) in [4.78, 5) is 14.6. The summed E-state index contributed by atoms with van der Waals surface area (Å²) in [7, 11) is 0. The molecular formula is C19H18BrClN2O4S. The van der Waals surface area contributed by atoms with Crippen LogP contribution in [0.3, 0.4) is 0 Å². The Kier molecular flexibility index (Phi) is 6.77. The fourth-order valence-electron chi connectivity index (χ4n) is 2.92. The molecule has 0 amide bonds. The molecular weight excluding hydrogens is 468 g/mol. The summed E-state index contributed by atoms with van der Waals surface area (Å²) >= 11 is 7.06. The molecule has 0 saturated carbocycles. The second kappa shape index (κ2) is 9.09. The van der Waals surface area contributed by atoms with Gasteiger partial charge < -0.3 is 9.72 Å². The highest BCUT2D eigenvalue weighted by molar-refractivity contribution is 9.10. The number of rotatable bonds is 7. The van der Waals surface area contributed by atoms with Gasteiger partial charge in [-0.2, -0.15) is 0 Å². The molecule has 2 atom stereocenters. The van der Waals surface area contributed by atoms with E-state index in [-0.39, 0.29) is 11.6 Å². The molecule has 0 aliphatic heterocycles. The van der Waals surface area contributed by atoms with Crippen LogP contribution in [0, 0.1) is 0 Å². The lowest BCUT2D eigenvalue weighted by atomic mass is 10.1. The zero-order valence-corrected chi connectivity index (χ0v) is 18.1. The average Bonchev–Trinajstić information content (AvgIpc) is 2.64. The van der Waals surface area contributed by atoms with Crippen molar-refractivity contribution in [3.63, 3.8) is 0 Å². The number of anilines is 1. The number of nitrogens with one attached hydrogen (secondary N) is 1. The van der Waals surface area contributed by atoms with E-state index in [0.717, 1.165) is 4.47 Å². The molecule has 9 heteroatoms. The minimum absolute atomic E-state index is 0.244. The predicted octanol–water partition coefficient (Wildman–Crippen LogP) is 4.74. The maximum absolute atomic E-state index is 12.1. The third kappa shape index (κ3) is 4.57. The molecule has 0 aliphatic rings. The van der Waals surface area contributed by atoms with Gasteiger partial charge in [0.1, 0.15) is 5.75 Å². The molecule has 3 rings (SSSR count). The fourth-order valence-corrected chi connectivity index (χ4v) is 4.46. The van der Waals surface area contributed by atoms with Gasteiger partial charge in [-0.3, -0.25) is 13.7 Å². The number of fused-ring (bicyclic) bond motifs is 1. The Bertz CT molecular complexity index is 1080. The molecule has 1 aromatic heterocycles. The summed E-state index contributed by atoms with van der Waals surface area (Å²) in [6, 6.07) is 11.7. The maximum Gasteiger partial charge on any atom is 0.262 e. The third-order valence-corrected chi connectivity index (χ3v) is 6.03. The number of halogens is 2. The van der Waals surface area contributed by atoms with Crippen molar-refractivity contribution in [2.75, 3.05) is 10.9 Å². The molecule has 0 bridgehead atoms. The van der Waals surface area contributed by atoms with Gasteiger partial charge in [-0.05, 0) is 59.3 Å². The lowest BCUT2D eigenvalue weighted by Crippen LogP contribution is -2.36. The van der Waals surface area contributed by atoms with E-state index in [1.54, 1.807) is 42.5 Å². The Balaban J connectivity index is 1.80. The summed E-state index contributed by atoms with van der Waals surface area (Å²) in [6.45, 7) is 2.17. The highest BCUT2D eigenvalue weighted by Gasteiger charge is 2.22. The summed E-state index contributed by atoms with van der Waals surface area (Å²) in [5, 5.41) is 1.67. The average molecular weight is 486 g/mol. The predicted molar refractivity (Wildman–Crippen MR) is 117 cm³/mol. The molecule has 2 aromatic carbocycles. The van der Waals surface area contributed by atoms with Crippen LogP contribution in [0.15, 0.2) is 57.9 Å². The Labute approximate surface area is 178 Å². The largest absolute Gasteiger partial charge is 0.492 e. The molecule has 0 saturated heterocycles. The van der Waals surface area contributed by atoms with Crippen molar-refractivity contribution < 1.29 is 13.5 Å². The number of nitrogens with zero attached hydrogens (tertiary/aromatic N) is 1. The van der Waals surface area contributed by atoms with Gasteiger partial charge >= 0.3 is 0 Å². The van der Waals surface area contributed by atoms with Crippen LogP contribution in [0.1, 0.15) is 13.3 Å². The third-order valence-electron chi connectivity index (χ3n) is 4.29. The van der Waals surface area contributed by atoms with Gasteiger partial charge in [-0.25, -0.2) is 4.21 Å². The summed E-state index contributed by atoms with van der Waals surface area (Å²) in [5.74, 6) is 0.643. The van der Waals surface area contributed by atoms with Crippen molar-refractivity contribution in [3.05, 3.63) is 68.5 Å². The molecule has 2 unspecified atom stereocenters. The van der Waals surface area contributed by atoms with Gasteiger partial charge in [-0.15, -0.1) is 0 Å². The smallest absolute Gasteiger partial charge is 0.262 e. The van der Waals surface area contributed by atoms with Crippen LogP contribution in [-0.2, 0) is 11.3 Å². The van der Waals surface area contributed by atoms with Gasteiger partial charge in [0.15, 0.2) is 0 Å². The van der Waals surface area contributed by atoms with E-state index in [1.807, 2.05) is 6.92 Å². The monoisotopic (exact) mass is 484 g/mol. The van der Waals surface area contributed by atoms with Crippen molar-refractivity contribution in [1.82, 2.24) is 4.98 Å². The van der Waals surface area contributed by atoms with Gasteiger partial charge in [0.25, 0.3) is 16.8 Å². The Morgan fingerprint density at radius 3 is 2.79 bits per heavy atom. The van der Waals surface area contributed by atoms with E-state index in [0.29, 0.717) is 40.3 Å². The van der Waals surface area contributed by atoms with Gasteiger partial charge in [0.05, 0.1) is 16.8 Å². The number of ether oxygens (including phenoxy) is 1. The first kappa shape index (κ1) is 20.9. The first-order valence-electron chi connectivity index (χ1n) is 8.47. The van der Waals surface area contributed by atoms with E-state index in [2.05, 4.69) is 20.9 Å². The standard InChI is InChI=1S/C19H18BrClN2O4S/c1-12(8-10-27-18-6-5-13(21)11-16(18)20)23(28(25)26)17-4-2-3-15-14(17)7-9-22-19(15)24/h2-7,9,11-12H,8,10H2,1H3,(H,22,24)(H,25,26). The lowest BCUT2D eigenvalue weighted by Gasteiger charge is -2.28. The number of pyridine rings is 1. The van der Waals surface area contributed by atoms with Crippen LogP contribution in [0.25, 0.3) is 10.8 Å². The van der Waals surface area contributed by atoms with Crippen molar-refractivity contribution in [2.24, 2.45) is 0 Å². The molecule has 0 radical (unpaired) electrons. The Morgan fingerprint density at radius 1 is 1.29 bits per heavy atom. The van der Waals surface area contributed by atoms with Crippen LogP contribution < -0.4 is 14.6 Å². The molecule has 2 N–H and O–H groups in total. The summed E-state index contributed by atoms with van der Waals surface area (Å²) < 4.78 is 29.9. The Hall–Kier alpha value is -1.87. The molecule has 148 valence electrons. The van der Waals surface area contributed by atoms with Crippen LogP contribution in [0.5, 0.6) is 5.75 Å². The summed E-state index contributed by atoms with van der Waals surface area (Å²) in [5.41, 5.74) is 0.274. The summed E-state index contributed by atoms with van der Waals surface area (Å²) in [6.07, 6.45) is 2.01. The number of benzene rings is 2. The minimum Gasteiger partial charge on any atom is -0.492 e. The van der Waals surface area contributed by atoms with Crippen LogP contribution in [0.2, 0.25) is 5.02 Å². The molecule has 0 fully saturated rings. The number of aromatic nitrogens is 1. The van der Waals surface area contributed by atoms with Crippen LogP contribution in [-0.4, -0.2) is 26.4 Å². The molecule has 6 nitrogen and oxygen atoms in total. The molecule has 1 heterocycles. The van der Waals surface area contributed by atoms with Crippen molar-refractivity contribution in [3.8, 4) is 5.75 Å². The lowest BCUT2D eigenvalue weighted by molar-refractivity contribution is 0.299. The van der Waals surface area contributed by atoms with E-state index in [1.165, 1.54) is 10.5 Å². The highest BCUT2D eigenvalue weighted by Crippen LogP contribution is 2.30. The Morgan fingerprint density at radius 2 is 2.07 bits per heavy atom. The number of aromatic amines is 1. The molecule has 0 spiro atoms. The van der Waals surface area contributed by atoms with E-state index < -0.39 is 11.3 Å². The number of H-pyrrole nitrogens is 1. The van der Waals surface area contributed by atoms with Crippen molar-refractivity contribution in [2.45, 2.75) is 19.4 Å². The topological polar surface area (TPSA) is 82.6 Å². The van der Waals surface area contributed by atoms with E-state index in [9.17, 15) is 13.6 Å². The second-order valence-corrected chi connectivity index (χ2v) is 8.31. The van der Waals surface area contributed by atoms with Crippen LogP contribution in [0.4, 0.5) is 5.69 Å². The quantitative estimate of drug-likeness (QED) is 0.473. The zero-order chi connectivity index (χ0) is 20.3. The first-order valence-corrected chi connectivity index (χ1v) is 10.7. The van der Waals surface area contributed by atoms with Crippen molar-refractivity contribution >= 4 is 55.3 Å².